The van der Waals surface area contributed by atoms with E-state index in [0.29, 0.717) is 5.91 Å². The summed E-state index contributed by atoms with van der Waals surface area (Å²) in [5, 5.41) is 3.11. The lowest BCUT2D eigenvalue weighted by atomic mass is 9.99. The van der Waals surface area contributed by atoms with Crippen molar-refractivity contribution in [3.8, 4) is 0 Å². The van der Waals surface area contributed by atoms with Crippen molar-refractivity contribution < 1.29 is 4.79 Å². The van der Waals surface area contributed by atoms with Crippen LogP contribution in [0, 0.1) is 5.92 Å². The van der Waals surface area contributed by atoms with Crippen LogP contribution < -0.4 is 11.1 Å². The highest BCUT2D eigenvalue weighted by molar-refractivity contribution is 5.80. The molecule has 0 aromatic carbocycles. The molecule has 0 spiro atoms. The number of nitrogens with zero attached hydrogens (tertiary/aromatic N) is 1. The number of likely N-dealkylation sites (tertiary alicyclic amines) is 1. The van der Waals surface area contributed by atoms with Crippen molar-refractivity contribution in [2.45, 2.75) is 18.9 Å². The van der Waals surface area contributed by atoms with Crippen LogP contribution in [0.2, 0.25) is 0 Å². The zero-order valence-electron chi connectivity index (χ0n) is 7.83. The molecule has 2 aliphatic rings. The first kappa shape index (κ1) is 8.97. The predicted molar refractivity (Wildman–Crippen MR) is 50.1 cm³/mol. The van der Waals surface area contributed by atoms with Crippen molar-refractivity contribution in [3.63, 3.8) is 0 Å². The van der Waals surface area contributed by atoms with Crippen molar-refractivity contribution in [2.75, 3.05) is 26.2 Å². The summed E-state index contributed by atoms with van der Waals surface area (Å²) in [6.45, 7) is 3.37. The Balaban J connectivity index is 1.87. The second kappa shape index (κ2) is 3.64. The highest BCUT2D eigenvalue weighted by Gasteiger charge is 2.31. The molecule has 2 rings (SSSR count). The maximum absolute atomic E-state index is 11.8. The number of carbonyl (C=O) groups is 1. The topological polar surface area (TPSA) is 58.4 Å². The lowest BCUT2D eigenvalue weighted by Gasteiger charge is -2.36. The van der Waals surface area contributed by atoms with E-state index in [1.807, 2.05) is 4.90 Å². The molecule has 0 saturated carbocycles. The second-order valence-corrected chi connectivity index (χ2v) is 4.04. The predicted octanol–water partition coefficient (Wildman–Crippen LogP) is -0.844. The fourth-order valence-corrected chi connectivity index (χ4v) is 1.93. The number of hydrogen-bond donors (Lipinski definition) is 2. The smallest absolute Gasteiger partial charge is 0.228 e. The number of carbonyl (C=O) groups excluding carboxylic acids is 1. The third-order valence-corrected chi connectivity index (χ3v) is 2.90. The fourth-order valence-electron chi connectivity index (χ4n) is 1.93. The van der Waals surface area contributed by atoms with Gasteiger partial charge in [0.15, 0.2) is 0 Å². The average molecular weight is 183 g/mol. The molecular weight excluding hydrogens is 166 g/mol. The van der Waals surface area contributed by atoms with Crippen molar-refractivity contribution in [3.05, 3.63) is 0 Å². The van der Waals surface area contributed by atoms with Crippen molar-refractivity contribution in [1.29, 1.82) is 0 Å². The van der Waals surface area contributed by atoms with E-state index in [1.165, 1.54) is 0 Å². The first-order valence-corrected chi connectivity index (χ1v) is 5.02. The second-order valence-electron chi connectivity index (χ2n) is 4.04. The third kappa shape index (κ3) is 1.84. The van der Waals surface area contributed by atoms with Crippen LogP contribution in [0.3, 0.4) is 0 Å². The molecule has 2 fully saturated rings. The summed E-state index contributed by atoms with van der Waals surface area (Å²) in [5.74, 6) is 0.527. The molecule has 1 amide bonds. The summed E-state index contributed by atoms with van der Waals surface area (Å²) in [5.41, 5.74) is 5.81. The first-order chi connectivity index (χ1) is 6.27. The number of amides is 1. The van der Waals surface area contributed by atoms with Crippen molar-refractivity contribution in [1.82, 2.24) is 10.2 Å². The molecule has 13 heavy (non-hydrogen) atoms. The molecule has 2 aliphatic heterocycles. The Kier molecular flexibility index (Phi) is 2.51. The van der Waals surface area contributed by atoms with E-state index in [0.717, 1.165) is 39.0 Å². The van der Waals surface area contributed by atoms with Gasteiger partial charge in [-0.05, 0) is 12.8 Å². The van der Waals surface area contributed by atoms with Gasteiger partial charge in [0.1, 0.15) is 0 Å². The lowest BCUT2D eigenvalue weighted by molar-refractivity contribution is -0.138. The summed E-state index contributed by atoms with van der Waals surface area (Å²) >= 11 is 0. The van der Waals surface area contributed by atoms with Gasteiger partial charge in [-0.15, -0.1) is 0 Å². The average Bonchev–Trinajstić information content (AvgIpc) is 2.01. The quantitative estimate of drug-likeness (QED) is 0.557. The molecule has 1 atom stereocenters. The molecule has 2 heterocycles. The van der Waals surface area contributed by atoms with Crippen LogP contribution in [-0.4, -0.2) is 43.0 Å². The Labute approximate surface area is 78.5 Å². The summed E-state index contributed by atoms with van der Waals surface area (Å²) in [6.07, 6.45) is 2.12. The standard InChI is InChI=1S/C9H17N3O/c10-8-2-1-3-12(6-8)9(13)7-4-11-5-7/h7-8,11H,1-6,10H2/t8-/m1/s1. The van der Waals surface area contributed by atoms with E-state index in [2.05, 4.69) is 5.32 Å². The maximum Gasteiger partial charge on any atom is 0.228 e. The Hall–Kier alpha value is -0.610. The molecule has 0 aromatic rings. The molecule has 0 aromatic heterocycles. The molecule has 0 unspecified atom stereocenters. The van der Waals surface area contributed by atoms with Gasteiger partial charge in [0, 0.05) is 32.2 Å². The lowest BCUT2D eigenvalue weighted by Crippen LogP contribution is -2.55. The minimum absolute atomic E-state index is 0.200. The van der Waals surface area contributed by atoms with Gasteiger partial charge in [-0.2, -0.15) is 0 Å². The number of piperidine rings is 1. The number of rotatable bonds is 1. The van der Waals surface area contributed by atoms with Crippen LogP contribution in [0.15, 0.2) is 0 Å². The zero-order valence-corrected chi connectivity index (χ0v) is 7.83. The van der Waals surface area contributed by atoms with E-state index in [9.17, 15) is 4.79 Å². The summed E-state index contributed by atoms with van der Waals surface area (Å²) < 4.78 is 0. The van der Waals surface area contributed by atoms with Crippen LogP contribution in [0.1, 0.15) is 12.8 Å². The van der Waals surface area contributed by atoms with E-state index in [1.54, 1.807) is 0 Å². The SMILES string of the molecule is N[C@@H]1CCCN(C(=O)C2CNC2)C1. The Morgan fingerprint density at radius 1 is 1.46 bits per heavy atom. The number of nitrogens with one attached hydrogen (secondary N) is 1. The van der Waals surface area contributed by atoms with Crippen LogP contribution in [0.5, 0.6) is 0 Å². The van der Waals surface area contributed by atoms with Crippen molar-refractivity contribution in [2.24, 2.45) is 11.7 Å². The largest absolute Gasteiger partial charge is 0.341 e. The number of nitrogens with two attached hydrogens (primary N) is 1. The van der Waals surface area contributed by atoms with E-state index in [-0.39, 0.29) is 12.0 Å². The van der Waals surface area contributed by atoms with Gasteiger partial charge in [-0.3, -0.25) is 4.79 Å². The highest BCUT2D eigenvalue weighted by Crippen LogP contribution is 2.14. The van der Waals surface area contributed by atoms with Crippen LogP contribution >= 0.6 is 0 Å². The van der Waals surface area contributed by atoms with Gasteiger partial charge in [0.05, 0.1) is 5.92 Å². The number of hydrogen-bond acceptors (Lipinski definition) is 3. The van der Waals surface area contributed by atoms with Crippen LogP contribution in [0.25, 0.3) is 0 Å². The fraction of sp³-hybridized carbons (Fsp3) is 0.889. The summed E-state index contributed by atoms with van der Waals surface area (Å²) in [7, 11) is 0. The highest BCUT2D eigenvalue weighted by atomic mass is 16.2. The van der Waals surface area contributed by atoms with Gasteiger partial charge in [0.2, 0.25) is 5.91 Å². The minimum Gasteiger partial charge on any atom is -0.341 e. The van der Waals surface area contributed by atoms with Gasteiger partial charge >= 0.3 is 0 Å². The maximum atomic E-state index is 11.8. The molecule has 0 aliphatic carbocycles. The van der Waals surface area contributed by atoms with Crippen molar-refractivity contribution >= 4 is 5.91 Å². The Morgan fingerprint density at radius 3 is 2.77 bits per heavy atom. The monoisotopic (exact) mass is 183 g/mol. The van der Waals surface area contributed by atoms with Gasteiger partial charge in [-0.25, -0.2) is 0 Å². The molecule has 74 valence electrons. The summed E-state index contributed by atoms with van der Waals surface area (Å²) in [6, 6.07) is 0.200. The Morgan fingerprint density at radius 2 is 2.23 bits per heavy atom. The van der Waals surface area contributed by atoms with E-state index in [4.69, 9.17) is 5.73 Å². The zero-order chi connectivity index (χ0) is 9.26. The molecular formula is C9H17N3O. The van der Waals surface area contributed by atoms with E-state index < -0.39 is 0 Å². The molecule has 2 saturated heterocycles. The molecule has 3 N–H and O–H groups in total. The molecule has 4 heteroatoms. The van der Waals surface area contributed by atoms with E-state index >= 15 is 0 Å². The normalized spacial score (nSPS) is 29.9. The van der Waals surface area contributed by atoms with Gasteiger partial charge < -0.3 is 16.0 Å². The van der Waals surface area contributed by atoms with Crippen LogP contribution in [-0.2, 0) is 4.79 Å². The molecule has 4 nitrogen and oxygen atoms in total. The minimum atomic E-state index is 0.200. The summed E-state index contributed by atoms with van der Waals surface area (Å²) in [4.78, 5) is 13.7. The van der Waals surface area contributed by atoms with Gasteiger partial charge in [0.25, 0.3) is 0 Å². The third-order valence-electron chi connectivity index (χ3n) is 2.90. The molecule has 0 bridgehead atoms. The van der Waals surface area contributed by atoms with Crippen LogP contribution in [0.4, 0.5) is 0 Å². The molecule has 0 radical (unpaired) electrons. The first-order valence-electron chi connectivity index (χ1n) is 5.02. The van der Waals surface area contributed by atoms with Gasteiger partial charge in [-0.1, -0.05) is 0 Å². The Bertz CT molecular complexity index is 203.